The zero-order valence-corrected chi connectivity index (χ0v) is 15.3. The highest BCUT2D eigenvalue weighted by atomic mass is 32.2. The number of carbonyl (C=O) groups excluding carboxylic acids is 1. The van der Waals surface area contributed by atoms with Crippen molar-refractivity contribution in [1.29, 1.82) is 0 Å². The smallest absolute Gasteiger partial charge is 0.271 e. The van der Waals surface area contributed by atoms with Gasteiger partial charge in [-0.2, -0.15) is 0 Å². The Morgan fingerprint density at radius 3 is 2.46 bits per heavy atom. The summed E-state index contributed by atoms with van der Waals surface area (Å²) in [5, 5.41) is 0. The predicted octanol–water partition coefficient (Wildman–Crippen LogP) is 3.40. The van der Waals surface area contributed by atoms with Crippen molar-refractivity contribution >= 4 is 33.0 Å². The number of hydrogen-bond donors (Lipinski definition) is 1. The number of aryl methyl sites for hydroxylation is 2. The molecule has 1 fully saturated rings. The molecule has 3 rings (SSSR count). The summed E-state index contributed by atoms with van der Waals surface area (Å²) in [6, 6.07) is 8.52. The summed E-state index contributed by atoms with van der Waals surface area (Å²) >= 11 is 1.02. The number of nitrogens with zero attached hydrogens (tertiary/aromatic N) is 1. The molecule has 0 spiro atoms. The number of nitrogens with one attached hydrogen (secondary N) is 1. The fourth-order valence-electron chi connectivity index (χ4n) is 2.67. The maximum absolute atomic E-state index is 12.5. The molecule has 1 amide bonds. The van der Waals surface area contributed by atoms with Crippen molar-refractivity contribution < 1.29 is 13.2 Å². The van der Waals surface area contributed by atoms with Gasteiger partial charge >= 0.3 is 0 Å². The van der Waals surface area contributed by atoms with E-state index >= 15 is 0 Å². The van der Waals surface area contributed by atoms with Gasteiger partial charge in [0, 0.05) is 18.8 Å². The lowest BCUT2D eigenvalue weighted by molar-refractivity contribution is 0.0797. The molecule has 1 aromatic carbocycles. The third-order valence-corrected chi connectivity index (χ3v) is 7.16. The fourth-order valence-corrected chi connectivity index (χ4v) is 4.99. The maximum atomic E-state index is 12.5. The molecule has 1 saturated heterocycles. The Labute approximate surface area is 146 Å². The number of likely N-dealkylation sites (tertiary alicyclic amines) is 1. The molecule has 1 aliphatic rings. The van der Waals surface area contributed by atoms with Crippen molar-refractivity contribution in [3.63, 3.8) is 0 Å². The zero-order chi connectivity index (χ0) is 17.3. The second-order valence-electron chi connectivity index (χ2n) is 6.02. The van der Waals surface area contributed by atoms with Gasteiger partial charge in [-0.3, -0.25) is 9.52 Å². The van der Waals surface area contributed by atoms with Crippen LogP contribution in [-0.4, -0.2) is 32.3 Å². The van der Waals surface area contributed by atoms with Gasteiger partial charge < -0.3 is 4.90 Å². The topological polar surface area (TPSA) is 66.5 Å². The SMILES string of the molecule is Cc1ccc(NS(=O)(=O)c2ccc(C(=O)N3CCCC3)s2)cc1C. The largest absolute Gasteiger partial charge is 0.338 e. The summed E-state index contributed by atoms with van der Waals surface area (Å²) in [5.41, 5.74) is 2.65. The summed E-state index contributed by atoms with van der Waals surface area (Å²) in [6.45, 7) is 5.41. The molecular weight excluding hydrogens is 344 g/mol. The van der Waals surface area contributed by atoms with Crippen molar-refractivity contribution in [2.45, 2.75) is 30.9 Å². The van der Waals surface area contributed by atoms with E-state index in [1.807, 2.05) is 19.9 Å². The van der Waals surface area contributed by atoms with Gasteiger partial charge in [0.2, 0.25) is 0 Å². The molecule has 24 heavy (non-hydrogen) atoms. The molecule has 128 valence electrons. The summed E-state index contributed by atoms with van der Waals surface area (Å²) in [7, 11) is -3.68. The molecule has 7 heteroatoms. The highest BCUT2D eigenvalue weighted by Crippen LogP contribution is 2.26. The van der Waals surface area contributed by atoms with Crippen LogP contribution < -0.4 is 4.72 Å². The average Bonchev–Trinajstić information content (AvgIpc) is 3.21. The zero-order valence-electron chi connectivity index (χ0n) is 13.7. The van der Waals surface area contributed by atoms with Gasteiger partial charge in [0.1, 0.15) is 4.21 Å². The molecule has 2 aromatic rings. The Bertz CT molecular complexity index is 866. The molecule has 1 N–H and O–H groups in total. The van der Waals surface area contributed by atoms with E-state index in [4.69, 9.17) is 0 Å². The average molecular weight is 364 g/mol. The number of sulfonamides is 1. The van der Waals surface area contributed by atoms with E-state index in [2.05, 4.69) is 4.72 Å². The molecule has 1 aromatic heterocycles. The van der Waals surface area contributed by atoms with Crippen LogP contribution in [0.4, 0.5) is 5.69 Å². The van der Waals surface area contributed by atoms with E-state index in [0.29, 0.717) is 10.6 Å². The van der Waals surface area contributed by atoms with Crippen molar-refractivity contribution in [3.8, 4) is 0 Å². The summed E-state index contributed by atoms with van der Waals surface area (Å²) in [6.07, 6.45) is 2.02. The van der Waals surface area contributed by atoms with Crippen LogP contribution in [-0.2, 0) is 10.0 Å². The molecule has 0 aliphatic carbocycles. The predicted molar refractivity (Wildman–Crippen MR) is 96.2 cm³/mol. The van der Waals surface area contributed by atoms with Crippen LogP contribution in [0, 0.1) is 13.8 Å². The first-order valence-electron chi connectivity index (χ1n) is 7.86. The van der Waals surface area contributed by atoms with Crippen molar-refractivity contribution in [1.82, 2.24) is 4.90 Å². The number of benzene rings is 1. The van der Waals surface area contributed by atoms with Crippen LogP contribution in [0.5, 0.6) is 0 Å². The summed E-state index contributed by atoms with van der Waals surface area (Å²) in [4.78, 5) is 14.6. The Morgan fingerprint density at radius 1 is 1.08 bits per heavy atom. The van der Waals surface area contributed by atoms with E-state index in [1.165, 1.54) is 6.07 Å². The fraction of sp³-hybridized carbons (Fsp3) is 0.353. The molecule has 1 aliphatic heterocycles. The first kappa shape index (κ1) is 17.0. The Balaban J connectivity index is 1.79. The van der Waals surface area contributed by atoms with Crippen LogP contribution in [0.3, 0.4) is 0 Å². The number of carbonyl (C=O) groups is 1. The van der Waals surface area contributed by atoms with E-state index < -0.39 is 10.0 Å². The number of rotatable bonds is 4. The van der Waals surface area contributed by atoms with Crippen molar-refractivity contribution in [2.24, 2.45) is 0 Å². The Kier molecular flexibility index (Phi) is 4.64. The molecule has 2 heterocycles. The van der Waals surface area contributed by atoms with Crippen LogP contribution in [0.15, 0.2) is 34.5 Å². The lowest BCUT2D eigenvalue weighted by Gasteiger charge is -2.13. The van der Waals surface area contributed by atoms with Crippen LogP contribution in [0.25, 0.3) is 0 Å². The van der Waals surface area contributed by atoms with Gasteiger partial charge in [-0.1, -0.05) is 6.07 Å². The van der Waals surface area contributed by atoms with Crippen LogP contribution in [0.1, 0.15) is 33.6 Å². The van der Waals surface area contributed by atoms with E-state index in [0.717, 1.165) is 48.4 Å². The van der Waals surface area contributed by atoms with Crippen LogP contribution >= 0.6 is 11.3 Å². The lowest BCUT2D eigenvalue weighted by Crippen LogP contribution is -2.26. The first-order chi connectivity index (χ1) is 11.4. The van der Waals surface area contributed by atoms with Gasteiger partial charge in [-0.05, 0) is 62.1 Å². The highest BCUT2D eigenvalue weighted by Gasteiger charge is 2.24. The minimum Gasteiger partial charge on any atom is -0.338 e. The molecule has 0 saturated carbocycles. The second-order valence-corrected chi connectivity index (χ2v) is 9.02. The monoisotopic (exact) mass is 364 g/mol. The molecule has 0 bridgehead atoms. The minimum absolute atomic E-state index is 0.0786. The van der Waals surface area contributed by atoms with Crippen LogP contribution in [0.2, 0.25) is 0 Å². The number of anilines is 1. The van der Waals surface area contributed by atoms with Crippen molar-refractivity contribution in [3.05, 3.63) is 46.3 Å². The number of hydrogen-bond acceptors (Lipinski definition) is 4. The molecular formula is C17H20N2O3S2. The highest BCUT2D eigenvalue weighted by molar-refractivity contribution is 7.94. The van der Waals surface area contributed by atoms with Gasteiger partial charge in [-0.15, -0.1) is 11.3 Å². The molecule has 5 nitrogen and oxygen atoms in total. The van der Waals surface area contributed by atoms with Gasteiger partial charge in [-0.25, -0.2) is 8.42 Å². The van der Waals surface area contributed by atoms with Crippen molar-refractivity contribution in [2.75, 3.05) is 17.8 Å². The quantitative estimate of drug-likeness (QED) is 0.904. The molecule has 0 atom stereocenters. The lowest BCUT2D eigenvalue weighted by atomic mass is 10.1. The standard InChI is InChI=1S/C17H20N2O3S2/c1-12-5-6-14(11-13(12)2)18-24(21,22)16-8-7-15(23-16)17(20)19-9-3-4-10-19/h5-8,11,18H,3-4,9-10H2,1-2H3. The summed E-state index contributed by atoms with van der Waals surface area (Å²) < 4.78 is 27.8. The molecule has 0 unspecified atom stereocenters. The maximum Gasteiger partial charge on any atom is 0.271 e. The number of amides is 1. The normalized spacial score (nSPS) is 14.8. The van der Waals surface area contributed by atoms with Gasteiger partial charge in [0.25, 0.3) is 15.9 Å². The second kappa shape index (κ2) is 6.57. The van der Waals surface area contributed by atoms with E-state index in [9.17, 15) is 13.2 Å². The summed E-state index contributed by atoms with van der Waals surface area (Å²) in [5.74, 6) is -0.0786. The number of thiophene rings is 1. The van der Waals surface area contributed by atoms with Gasteiger partial charge in [0.05, 0.1) is 4.88 Å². The van der Waals surface area contributed by atoms with Gasteiger partial charge in [0.15, 0.2) is 0 Å². The minimum atomic E-state index is -3.68. The van der Waals surface area contributed by atoms with E-state index in [1.54, 1.807) is 23.1 Å². The van der Waals surface area contributed by atoms with E-state index in [-0.39, 0.29) is 10.1 Å². The Hall–Kier alpha value is -1.86. The first-order valence-corrected chi connectivity index (χ1v) is 10.2. The Morgan fingerprint density at radius 2 is 1.79 bits per heavy atom. The third kappa shape index (κ3) is 3.47. The molecule has 0 radical (unpaired) electrons. The third-order valence-electron chi connectivity index (χ3n) is 4.21.